The van der Waals surface area contributed by atoms with Crippen LogP contribution in [0.5, 0.6) is 11.5 Å². The second-order valence-corrected chi connectivity index (χ2v) is 5.24. The first kappa shape index (κ1) is 14.5. The highest BCUT2D eigenvalue weighted by atomic mass is 16.5. The molecule has 2 N–H and O–H groups in total. The van der Waals surface area contributed by atoms with Crippen LogP contribution in [-0.2, 0) is 0 Å². The number of aromatic nitrogens is 1. The molecule has 2 aromatic rings. The van der Waals surface area contributed by atoms with Crippen LogP contribution in [0.25, 0.3) is 0 Å². The number of hydrogen-bond donors (Lipinski definition) is 1. The minimum Gasteiger partial charge on any atom is -0.455 e. The van der Waals surface area contributed by atoms with Gasteiger partial charge in [-0.15, -0.1) is 0 Å². The summed E-state index contributed by atoms with van der Waals surface area (Å²) in [5, 5.41) is 0. The van der Waals surface area contributed by atoms with Gasteiger partial charge in [0.05, 0.1) is 11.9 Å². The zero-order valence-electron chi connectivity index (χ0n) is 12.6. The number of benzene rings is 1. The van der Waals surface area contributed by atoms with E-state index in [0.29, 0.717) is 0 Å². The Bertz CT molecular complexity index is 591. The van der Waals surface area contributed by atoms with E-state index in [9.17, 15) is 0 Å². The molecule has 0 aliphatic carbocycles. The maximum Gasteiger partial charge on any atom is 0.145 e. The van der Waals surface area contributed by atoms with Crippen LogP contribution in [0.1, 0.15) is 41.8 Å². The number of pyridine rings is 1. The van der Waals surface area contributed by atoms with Gasteiger partial charge in [-0.3, -0.25) is 4.98 Å². The Morgan fingerprint density at radius 2 is 1.95 bits per heavy atom. The molecular weight excluding hydrogens is 248 g/mol. The van der Waals surface area contributed by atoms with E-state index in [1.54, 1.807) is 6.20 Å². The lowest BCUT2D eigenvalue weighted by molar-refractivity contribution is 0.474. The van der Waals surface area contributed by atoms with E-state index in [0.717, 1.165) is 29.2 Å². The molecule has 0 fully saturated rings. The third-order valence-electron chi connectivity index (χ3n) is 3.57. The molecule has 3 nitrogen and oxygen atoms in total. The predicted octanol–water partition coefficient (Wildman–Crippen LogP) is 4.21. The Hall–Kier alpha value is -1.87. The minimum atomic E-state index is -0.00741. The van der Waals surface area contributed by atoms with Crippen LogP contribution >= 0.6 is 0 Å². The monoisotopic (exact) mass is 270 g/mol. The summed E-state index contributed by atoms with van der Waals surface area (Å²) in [5.74, 6) is 1.63. The fourth-order valence-electron chi connectivity index (χ4n) is 2.11. The van der Waals surface area contributed by atoms with Gasteiger partial charge in [-0.1, -0.05) is 13.0 Å². The highest BCUT2D eigenvalue weighted by molar-refractivity contribution is 5.44. The number of rotatable bonds is 4. The second kappa shape index (κ2) is 6.06. The van der Waals surface area contributed by atoms with Crippen molar-refractivity contribution >= 4 is 0 Å². The summed E-state index contributed by atoms with van der Waals surface area (Å²) in [6, 6.07) is 8.06. The zero-order chi connectivity index (χ0) is 14.7. The van der Waals surface area contributed by atoms with Crippen LogP contribution in [0.15, 0.2) is 30.5 Å². The van der Waals surface area contributed by atoms with Crippen molar-refractivity contribution in [3.8, 4) is 11.5 Å². The molecule has 1 aromatic carbocycles. The third kappa shape index (κ3) is 3.17. The normalized spacial score (nSPS) is 12.2. The predicted molar refractivity (Wildman–Crippen MR) is 82.2 cm³/mol. The molecule has 1 atom stereocenters. The fraction of sp³-hybridized carbons (Fsp3) is 0.353. The van der Waals surface area contributed by atoms with Crippen molar-refractivity contribution in [3.05, 3.63) is 52.8 Å². The Kier molecular flexibility index (Phi) is 4.40. The molecule has 0 saturated heterocycles. The van der Waals surface area contributed by atoms with Crippen molar-refractivity contribution in [2.45, 2.75) is 40.2 Å². The van der Waals surface area contributed by atoms with Crippen LogP contribution in [0, 0.1) is 20.8 Å². The van der Waals surface area contributed by atoms with Crippen molar-refractivity contribution in [3.63, 3.8) is 0 Å². The third-order valence-corrected chi connectivity index (χ3v) is 3.57. The highest BCUT2D eigenvalue weighted by Crippen LogP contribution is 2.28. The molecule has 0 aliphatic heterocycles. The molecule has 1 aromatic heterocycles. The van der Waals surface area contributed by atoms with Gasteiger partial charge >= 0.3 is 0 Å². The van der Waals surface area contributed by atoms with E-state index in [-0.39, 0.29) is 6.04 Å². The standard InChI is InChI=1S/C17H22N2O/c1-5-15(18)16-7-6-14(10-19-16)20-17-9-11(2)8-12(3)13(17)4/h6-10,15H,5,18H2,1-4H3. The average molecular weight is 270 g/mol. The maximum absolute atomic E-state index is 5.96. The van der Waals surface area contributed by atoms with E-state index >= 15 is 0 Å². The molecule has 0 radical (unpaired) electrons. The van der Waals surface area contributed by atoms with E-state index in [4.69, 9.17) is 10.5 Å². The molecule has 0 saturated carbocycles. The highest BCUT2D eigenvalue weighted by Gasteiger charge is 2.08. The van der Waals surface area contributed by atoms with Gasteiger partial charge in [-0.25, -0.2) is 0 Å². The van der Waals surface area contributed by atoms with Gasteiger partial charge in [0.2, 0.25) is 0 Å². The lowest BCUT2D eigenvalue weighted by Gasteiger charge is -2.13. The SMILES string of the molecule is CCC(N)c1ccc(Oc2cc(C)cc(C)c2C)cn1. The van der Waals surface area contributed by atoms with Gasteiger partial charge in [0.15, 0.2) is 0 Å². The number of nitrogens with two attached hydrogens (primary N) is 1. The van der Waals surface area contributed by atoms with E-state index in [2.05, 4.69) is 38.7 Å². The van der Waals surface area contributed by atoms with E-state index in [1.807, 2.05) is 18.2 Å². The summed E-state index contributed by atoms with van der Waals surface area (Å²) >= 11 is 0. The Morgan fingerprint density at radius 1 is 1.20 bits per heavy atom. The number of aryl methyl sites for hydroxylation is 2. The van der Waals surface area contributed by atoms with Gasteiger partial charge in [-0.05, 0) is 62.1 Å². The minimum absolute atomic E-state index is 0.00741. The Morgan fingerprint density at radius 3 is 2.55 bits per heavy atom. The van der Waals surface area contributed by atoms with E-state index in [1.165, 1.54) is 11.1 Å². The van der Waals surface area contributed by atoms with Crippen molar-refractivity contribution in [2.75, 3.05) is 0 Å². The van der Waals surface area contributed by atoms with Crippen LogP contribution < -0.4 is 10.5 Å². The van der Waals surface area contributed by atoms with Crippen molar-refractivity contribution < 1.29 is 4.74 Å². The topological polar surface area (TPSA) is 48.1 Å². The van der Waals surface area contributed by atoms with Crippen molar-refractivity contribution in [1.29, 1.82) is 0 Å². The van der Waals surface area contributed by atoms with Gasteiger partial charge in [-0.2, -0.15) is 0 Å². The fourth-order valence-corrected chi connectivity index (χ4v) is 2.11. The Balaban J connectivity index is 2.22. The first-order chi connectivity index (χ1) is 9.51. The van der Waals surface area contributed by atoms with E-state index < -0.39 is 0 Å². The first-order valence-electron chi connectivity index (χ1n) is 6.98. The summed E-state index contributed by atoms with van der Waals surface area (Å²) in [6.45, 7) is 8.28. The van der Waals surface area contributed by atoms with Crippen LogP contribution in [0.4, 0.5) is 0 Å². The summed E-state index contributed by atoms with van der Waals surface area (Å²) in [4.78, 5) is 4.37. The number of ether oxygens (including phenoxy) is 1. The van der Waals surface area contributed by atoms with Crippen LogP contribution in [0.2, 0.25) is 0 Å². The molecule has 20 heavy (non-hydrogen) atoms. The lowest BCUT2D eigenvalue weighted by Crippen LogP contribution is -2.10. The summed E-state index contributed by atoms with van der Waals surface area (Å²) in [5.41, 5.74) is 10.4. The molecule has 106 valence electrons. The largest absolute Gasteiger partial charge is 0.455 e. The van der Waals surface area contributed by atoms with Gasteiger partial charge in [0, 0.05) is 6.04 Å². The maximum atomic E-state index is 5.96. The lowest BCUT2D eigenvalue weighted by atomic mass is 10.1. The molecule has 0 aliphatic rings. The summed E-state index contributed by atoms with van der Waals surface area (Å²) in [7, 11) is 0. The molecule has 1 heterocycles. The average Bonchev–Trinajstić information content (AvgIpc) is 2.44. The molecule has 2 rings (SSSR count). The molecule has 1 unspecified atom stereocenters. The van der Waals surface area contributed by atoms with Crippen LogP contribution in [0.3, 0.4) is 0 Å². The van der Waals surface area contributed by atoms with Gasteiger partial charge in [0.25, 0.3) is 0 Å². The molecule has 0 bridgehead atoms. The number of hydrogen-bond acceptors (Lipinski definition) is 3. The molecule has 3 heteroatoms. The molecular formula is C17H22N2O. The quantitative estimate of drug-likeness (QED) is 0.905. The molecule has 0 spiro atoms. The summed E-state index contributed by atoms with van der Waals surface area (Å²) in [6.07, 6.45) is 2.62. The van der Waals surface area contributed by atoms with Gasteiger partial charge in [0.1, 0.15) is 11.5 Å². The van der Waals surface area contributed by atoms with Crippen molar-refractivity contribution in [1.82, 2.24) is 4.98 Å². The summed E-state index contributed by atoms with van der Waals surface area (Å²) < 4.78 is 5.94. The van der Waals surface area contributed by atoms with Crippen LogP contribution in [-0.4, -0.2) is 4.98 Å². The zero-order valence-corrected chi connectivity index (χ0v) is 12.6. The van der Waals surface area contributed by atoms with Gasteiger partial charge < -0.3 is 10.5 Å². The molecule has 0 amide bonds. The first-order valence-corrected chi connectivity index (χ1v) is 6.98. The number of nitrogens with zero attached hydrogens (tertiary/aromatic N) is 1. The second-order valence-electron chi connectivity index (χ2n) is 5.24. The van der Waals surface area contributed by atoms with Crippen molar-refractivity contribution in [2.24, 2.45) is 5.73 Å². The smallest absolute Gasteiger partial charge is 0.145 e. The Labute approximate surface area is 120 Å².